The topological polar surface area (TPSA) is 73.6 Å². The van der Waals surface area contributed by atoms with E-state index in [1.807, 2.05) is 18.2 Å². The molecule has 1 atom stereocenters. The Morgan fingerprint density at radius 3 is 2.35 bits per heavy atom. The molecule has 1 unspecified atom stereocenters. The summed E-state index contributed by atoms with van der Waals surface area (Å²) in [5.41, 5.74) is 3.98. The largest absolute Gasteiger partial charge is 0.374 e. The van der Waals surface area contributed by atoms with E-state index in [0.717, 1.165) is 11.1 Å². The Morgan fingerprint density at radius 2 is 1.65 bits per heavy atom. The van der Waals surface area contributed by atoms with E-state index in [9.17, 15) is 14.0 Å². The molecule has 2 heterocycles. The number of pyridine rings is 2. The van der Waals surface area contributed by atoms with Crippen molar-refractivity contribution in [2.75, 3.05) is 10.6 Å². The van der Waals surface area contributed by atoms with E-state index in [1.165, 1.54) is 36.5 Å². The van der Waals surface area contributed by atoms with Gasteiger partial charge >= 0.3 is 0 Å². The molecule has 3 aromatic carbocycles. The Labute approximate surface area is 221 Å². The van der Waals surface area contributed by atoms with Crippen molar-refractivity contribution in [1.29, 1.82) is 5.26 Å². The highest BCUT2D eigenvalue weighted by Gasteiger charge is 2.18. The van der Waals surface area contributed by atoms with Crippen molar-refractivity contribution in [3.05, 3.63) is 124 Å². The molecule has 0 saturated carbocycles. The third kappa shape index (κ3) is 5.17. The first-order valence-corrected chi connectivity index (χ1v) is 11.8. The zero-order chi connectivity index (χ0) is 25.9. The number of benzene rings is 3. The predicted octanol–water partition coefficient (Wildman–Crippen LogP) is 8.03. The average Bonchev–Trinajstić information content (AvgIpc) is 2.91. The number of hydrogen-bond acceptors (Lipinski definition) is 5. The smallest absolute Gasteiger partial charge is 0.141 e. The van der Waals surface area contributed by atoms with Crippen molar-refractivity contribution in [3.63, 3.8) is 0 Å². The maximum absolute atomic E-state index is 13.7. The number of anilines is 3. The molecule has 5 nitrogen and oxygen atoms in total. The molecule has 0 aliphatic heterocycles. The van der Waals surface area contributed by atoms with Gasteiger partial charge in [-0.3, -0.25) is 9.97 Å². The second-order valence-corrected chi connectivity index (χ2v) is 9.00. The Balaban J connectivity index is 1.62. The summed E-state index contributed by atoms with van der Waals surface area (Å²) < 4.78 is 27.3. The minimum absolute atomic E-state index is 0.0548. The summed E-state index contributed by atoms with van der Waals surface area (Å²) >= 11 is 12.6. The van der Waals surface area contributed by atoms with Gasteiger partial charge in [0.05, 0.1) is 32.9 Å². The Bertz CT molecular complexity index is 1640. The fraction of sp³-hybridized carbons (Fsp3) is 0.0357. The third-order valence-electron chi connectivity index (χ3n) is 5.77. The van der Waals surface area contributed by atoms with Crippen LogP contribution < -0.4 is 10.6 Å². The van der Waals surface area contributed by atoms with Crippen LogP contribution in [0.1, 0.15) is 22.7 Å². The summed E-state index contributed by atoms with van der Waals surface area (Å²) in [6.07, 6.45) is 4.82. The zero-order valence-corrected chi connectivity index (χ0v) is 20.5. The monoisotopic (exact) mass is 531 g/mol. The van der Waals surface area contributed by atoms with Crippen LogP contribution in [0.5, 0.6) is 0 Å². The molecule has 0 radical (unpaired) electrons. The maximum atomic E-state index is 13.7. The minimum atomic E-state index is -0.552. The Kier molecular flexibility index (Phi) is 6.87. The normalized spacial score (nSPS) is 11.6. The quantitative estimate of drug-likeness (QED) is 0.232. The predicted molar refractivity (Wildman–Crippen MR) is 142 cm³/mol. The van der Waals surface area contributed by atoms with Gasteiger partial charge in [0, 0.05) is 35.4 Å². The molecule has 0 bridgehead atoms. The van der Waals surface area contributed by atoms with E-state index in [0.29, 0.717) is 33.0 Å². The van der Waals surface area contributed by atoms with E-state index in [-0.39, 0.29) is 22.4 Å². The highest BCUT2D eigenvalue weighted by Crippen LogP contribution is 2.37. The number of halogens is 4. The number of rotatable bonds is 6. The molecule has 182 valence electrons. The van der Waals surface area contributed by atoms with Gasteiger partial charge in [0.1, 0.15) is 17.7 Å². The maximum Gasteiger partial charge on any atom is 0.141 e. The highest BCUT2D eigenvalue weighted by molar-refractivity contribution is 6.36. The lowest BCUT2D eigenvalue weighted by molar-refractivity contribution is 0.626. The van der Waals surface area contributed by atoms with Crippen molar-refractivity contribution < 1.29 is 8.78 Å². The number of nitriles is 1. The minimum Gasteiger partial charge on any atom is -0.374 e. The highest BCUT2D eigenvalue weighted by atomic mass is 35.5. The number of nitrogens with zero attached hydrogens (tertiary/aromatic N) is 3. The first-order chi connectivity index (χ1) is 17.9. The van der Waals surface area contributed by atoms with E-state index >= 15 is 0 Å². The lowest BCUT2D eigenvalue weighted by atomic mass is 9.99. The summed E-state index contributed by atoms with van der Waals surface area (Å²) in [6, 6.07) is 19.4. The second-order valence-electron chi connectivity index (χ2n) is 8.18. The summed E-state index contributed by atoms with van der Waals surface area (Å²) in [5, 5.41) is 17.2. The number of fused-ring (bicyclic) bond motifs is 1. The molecule has 0 amide bonds. The fourth-order valence-corrected chi connectivity index (χ4v) is 4.46. The van der Waals surface area contributed by atoms with E-state index in [1.54, 1.807) is 30.6 Å². The molecule has 2 aromatic heterocycles. The fourth-order valence-electron chi connectivity index (χ4n) is 4.01. The van der Waals surface area contributed by atoms with Gasteiger partial charge in [-0.15, -0.1) is 0 Å². The van der Waals surface area contributed by atoms with Crippen molar-refractivity contribution >= 4 is 51.2 Å². The molecule has 9 heteroatoms. The van der Waals surface area contributed by atoms with Gasteiger partial charge in [-0.05, 0) is 59.7 Å². The SMILES string of the molecule is N#Cc1cnc2c(Cl)cc(NC(c3ccc(F)cc3)c3cccnc3)cc2c1Nc1ccc(F)c(Cl)c1. The van der Waals surface area contributed by atoms with Crippen LogP contribution in [0, 0.1) is 23.0 Å². The van der Waals surface area contributed by atoms with Gasteiger partial charge in [-0.25, -0.2) is 8.78 Å². The molecule has 0 fully saturated rings. The van der Waals surface area contributed by atoms with Gasteiger partial charge in [-0.2, -0.15) is 5.26 Å². The molecule has 0 aliphatic rings. The van der Waals surface area contributed by atoms with Gasteiger partial charge in [-0.1, -0.05) is 41.4 Å². The van der Waals surface area contributed by atoms with Crippen LogP contribution >= 0.6 is 23.2 Å². The molecular formula is C28H17Cl2F2N5. The Hall–Kier alpha value is -4.25. The van der Waals surface area contributed by atoms with Crippen LogP contribution in [-0.2, 0) is 0 Å². The average molecular weight is 532 g/mol. The van der Waals surface area contributed by atoms with E-state index < -0.39 is 5.82 Å². The number of hydrogen-bond donors (Lipinski definition) is 2. The van der Waals surface area contributed by atoms with Gasteiger partial charge in [0.2, 0.25) is 0 Å². The summed E-state index contributed by atoms with van der Waals surface area (Å²) in [4.78, 5) is 8.59. The van der Waals surface area contributed by atoms with Crippen molar-refractivity contribution in [2.24, 2.45) is 0 Å². The first-order valence-electron chi connectivity index (χ1n) is 11.1. The molecule has 5 rings (SSSR count). The van der Waals surface area contributed by atoms with Crippen molar-refractivity contribution in [2.45, 2.75) is 6.04 Å². The second kappa shape index (κ2) is 10.4. The summed E-state index contributed by atoms with van der Waals surface area (Å²) in [7, 11) is 0. The van der Waals surface area contributed by atoms with Gasteiger partial charge < -0.3 is 10.6 Å². The number of nitrogens with one attached hydrogen (secondary N) is 2. The lowest BCUT2D eigenvalue weighted by Crippen LogP contribution is -2.13. The molecule has 2 N–H and O–H groups in total. The van der Waals surface area contributed by atoms with Gasteiger partial charge in [0.15, 0.2) is 0 Å². The van der Waals surface area contributed by atoms with Crippen LogP contribution in [0.25, 0.3) is 10.9 Å². The van der Waals surface area contributed by atoms with Crippen LogP contribution in [-0.4, -0.2) is 9.97 Å². The molecule has 0 spiro atoms. The van der Waals surface area contributed by atoms with Gasteiger partial charge in [0.25, 0.3) is 0 Å². The number of aromatic nitrogens is 2. The summed E-state index contributed by atoms with van der Waals surface area (Å²) in [6.45, 7) is 0. The lowest BCUT2D eigenvalue weighted by Gasteiger charge is -2.22. The van der Waals surface area contributed by atoms with Crippen LogP contribution in [0.3, 0.4) is 0 Å². The van der Waals surface area contributed by atoms with E-state index in [2.05, 4.69) is 26.7 Å². The van der Waals surface area contributed by atoms with E-state index in [4.69, 9.17) is 23.2 Å². The molecule has 0 aliphatic carbocycles. The molecule has 0 saturated heterocycles. The standard InChI is InChI=1S/C28H17Cl2F2N5/c29-23-11-20(7-8-25(23)32)36-27-18(13-33)15-35-28-22(27)10-21(12-24(28)30)37-26(17-2-1-9-34-14-17)16-3-5-19(31)6-4-16/h1-12,14-15,26,37H,(H,35,36). The molecule has 5 aromatic rings. The van der Waals surface area contributed by atoms with Crippen molar-refractivity contribution in [3.8, 4) is 6.07 Å². The first kappa shape index (κ1) is 24.4. The Morgan fingerprint density at radius 1 is 0.865 bits per heavy atom. The van der Waals surface area contributed by atoms with Crippen LogP contribution in [0.15, 0.2) is 85.3 Å². The zero-order valence-electron chi connectivity index (χ0n) is 19.0. The van der Waals surface area contributed by atoms with Crippen LogP contribution in [0.4, 0.5) is 25.8 Å². The molecule has 37 heavy (non-hydrogen) atoms. The molecular weight excluding hydrogens is 515 g/mol. The summed E-state index contributed by atoms with van der Waals surface area (Å²) in [5.74, 6) is -0.891. The third-order valence-corrected chi connectivity index (χ3v) is 6.34. The van der Waals surface area contributed by atoms with Crippen LogP contribution in [0.2, 0.25) is 10.0 Å². The van der Waals surface area contributed by atoms with Crippen molar-refractivity contribution in [1.82, 2.24) is 9.97 Å².